The maximum absolute atomic E-state index is 12.4. The highest BCUT2D eigenvalue weighted by molar-refractivity contribution is 7.46. The van der Waals surface area contributed by atoms with Crippen molar-refractivity contribution in [1.29, 1.82) is 0 Å². The van der Waals surface area contributed by atoms with Gasteiger partial charge in [-0.3, -0.25) is 14.1 Å². The van der Waals surface area contributed by atoms with Crippen molar-refractivity contribution in [2.24, 2.45) is 0 Å². The lowest BCUT2D eigenvalue weighted by atomic mass is 10.1. The van der Waals surface area contributed by atoms with Gasteiger partial charge in [-0.15, -0.1) is 0 Å². The zero-order chi connectivity index (χ0) is 36.8. The summed E-state index contributed by atoms with van der Waals surface area (Å²) in [5, 5.41) is 0. The SMILES string of the molecule is CCCCC/C=C/C/C=C/C/C=C/CCCCCCC(=O)O[C@H](COC(=O)CCCCC/C=C/CCCCCCCCCC)COP(=O)(O)O. The molecule has 0 aliphatic carbocycles. The largest absolute Gasteiger partial charge is 0.469 e. The van der Waals surface area contributed by atoms with Crippen LogP contribution in [-0.2, 0) is 28.2 Å². The molecule has 0 aromatic heterocycles. The predicted molar refractivity (Wildman–Crippen MR) is 207 cm³/mol. The molecule has 0 heterocycles. The Balaban J connectivity index is 4.02. The normalized spacial score (nSPS) is 13.0. The summed E-state index contributed by atoms with van der Waals surface area (Å²) in [4.78, 5) is 42.7. The molecule has 0 aromatic carbocycles. The molecule has 0 saturated heterocycles. The maximum Gasteiger partial charge on any atom is 0.469 e. The number of allylic oxidation sites excluding steroid dienone is 8. The van der Waals surface area contributed by atoms with E-state index in [1.165, 1.54) is 77.0 Å². The van der Waals surface area contributed by atoms with E-state index < -0.39 is 32.5 Å². The lowest BCUT2D eigenvalue weighted by Crippen LogP contribution is -2.29. The van der Waals surface area contributed by atoms with E-state index in [0.29, 0.717) is 12.8 Å². The van der Waals surface area contributed by atoms with E-state index in [4.69, 9.17) is 19.3 Å². The zero-order valence-electron chi connectivity index (χ0n) is 31.8. The van der Waals surface area contributed by atoms with Crippen LogP contribution in [0.15, 0.2) is 48.6 Å². The van der Waals surface area contributed by atoms with Crippen LogP contribution >= 0.6 is 7.82 Å². The van der Waals surface area contributed by atoms with Crippen LogP contribution in [0.3, 0.4) is 0 Å². The summed E-state index contributed by atoms with van der Waals surface area (Å²) >= 11 is 0. The minimum atomic E-state index is -4.76. The van der Waals surface area contributed by atoms with Gasteiger partial charge in [-0.2, -0.15) is 0 Å². The summed E-state index contributed by atoms with van der Waals surface area (Å²) in [7, 11) is -4.76. The molecular weight excluding hydrogens is 651 g/mol. The highest BCUT2D eigenvalue weighted by atomic mass is 31.2. The topological polar surface area (TPSA) is 119 Å². The van der Waals surface area contributed by atoms with Crippen LogP contribution < -0.4 is 0 Å². The molecule has 9 heteroatoms. The smallest absolute Gasteiger partial charge is 0.462 e. The summed E-state index contributed by atoms with van der Waals surface area (Å²) in [6.07, 6.45) is 44.0. The number of esters is 2. The van der Waals surface area contributed by atoms with E-state index in [9.17, 15) is 14.2 Å². The maximum atomic E-state index is 12.4. The van der Waals surface area contributed by atoms with Crippen molar-refractivity contribution in [3.8, 4) is 0 Å². The Morgan fingerprint density at radius 3 is 1.42 bits per heavy atom. The highest BCUT2D eigenvalue weighted by Gasteiger charge is 2.22. The summed E-state index contributed by atoms with van der Waals surface area (Å²) in [6.45, 7) is 3.62. The molecule has 0 saturated carbocycles. The van der Waals surface area contributed by atoms with Crippen molar-refractivity contribution in [2.75, 3.05) is 13.2 Å². The second kappa shape index (κ2) is 36.8. The average Bonchev–Trinajstić information content (AvgIpc) is 3.08. The molecule has 0 aliphatic rings. The number of rotatable bonds is 36. The lowest BCUT2D eigenvalue weighted by Gasteiger charge is -2.18. The number of hydrogen-bond donors (Lipinski definition) is 2. The Kier molecular flexibility index (Phi) is 35.3. The van der Waals surface area contributed by atoms with Gasteiger partial charge in [0, 0.05) is 12.8 Å². The zero-order valence-corrected chi connectivity index (χ0v) is 32.7. The lowest BCUT2D eigenvalue weighted by molar-refractivity contribution is -0.161. The first kappa shape index (κ1) is 48.0. The van der Waals surface area contributed by atoms with Crippen molar-refractivity contribution in [3.05, 3.63) is 48.6 Å². The van der Waals surface area contributed by atoms with Crippen LogP contribution in [0.4, 0.5) is 0 Å². The van der Waals surface area contributed by atoms with Gasteiger partial charge < -0.3 is 19.3 Å². The fraction of sp³-hybridized carbons (Fsp3) is 0.756. The van der Waals surface area contributed by atoms with E-state index >= 15 is 0 Å². The molecule has 8 nitrogen and oxygen atoms in total. The monoisotopic (exact) mass is 725 g/mol. The molecule has 1 atom stereocenters. The Labute approximate surface area is 305 Å². The van der Waals surface area contributed by atoms with Gasteiger partial charge in [0.1, 0.15) is 6.61 Å². The summed E-state index contributed by atoms with van der Waals surface area (Å²) < 4.78 is 26.3. The Hall–Kier alpha value is -1.99. The quantitative estimate of drug-likeness (QED) is 0.0284. The van der Waals surface area contributed by atoms with Crippen LogP contribution in [0.1, 0.15) is 181 Å². The molecule has 50 heavy (non-hydrogen) atoms. The van der Waals surface area contributed by atoms with Gasteiger partial charge in [0.25, 0.3) is 0 Å². The molecular formula is C41H73O8P. The van der Waals surface area contributed by atoms with Crippen LogP contribution in [-0.4, -0.2) is 41.0 Å². The molecule has 0 bridgehead atoms. The number of ether oxygens (including phenoxy) is 2. The van der Waals surface area contributed by atoms with Gasteiger partial charge in [0.15, 0.2) is 6.10 Å². The number of unbranched alkanes of at least 4 members (excludes halogenated alkanes) is 18. The van der Waals surface area contributed by atoms with Crippen molar-refractivity contribution in [3.63, 3.8) is 0 Å². The predicted octanol–water partition coefficient (Wildman–Crippen LogP) is 12.0. The van der Waals surface area contributed by atoms with E-state index in [-0.39, 0.29) is 19.4 Å². The molecule has 0 rings (SSSR count). The molecule has 0 amide bonds. The second-order valence-electron chi connectivity index (χ2n) is 13.2. The first-order valence-corrected chi connectivity index (χ1v) is 21.5. The van der Waals surface area contributed by atoms with Gasteiger partial charge >= 0.3 is 19.8 Å². The molecule has 0 radical (unpaired) electrons. The molecule has 0 fully saturated rings. The third-order valence-corrected chi connectivity index (χ3v) is 8.81. The van der Waals surface area contributed by atoms with Crippen LogP contribution in [0.5, 0.6) is 0 Å². The van der Waals surface area contributed by atoms with Gasteiger partial charge in [0.05, 0.1) is 6.61 Å². The molecule has 0 unspecified atom stereocenters. The minimum Gasteiger partial charge on any atom is -0.462 e. The first-order valence-electron chi connectivity index (χ1n) is 19.9. The molecule has 0 aliphatic heterocycles. The fourth-order valence-electron chi connectivity index (χ4n) is 5.31. The van der Waals surface area contributed by atoms with Gasteiger partial charge in [-0.1, -0.05) is 140 Å². The van der Waals surface area contributed by atoms with Crippen LogP contribution in [0.2, 0.25) is 0 Å². The van der Waals surface area contributed by atoms with Gasteiger partial charge in [-0.05, 0) is 77.0 Å². The van der Waals surface area contributed by atoms with Crippen LogP contribution in [0, 0.1) is 0 Å². The Morgan fingerprint density at radius 2 is 0.900 bits per heavy atom. The van der Waals surface area contributed by atoms with E-state index in [1.54, 1.807) is 0 Å². The first-order chi connectivity index (χ1) is 24.3. The number of phosphoric ester groups is 1. The standard InChI is InChI=1S/C41H73O8P/c1-3-5-7-9-11-13-15-17-19-20-22-24-26-28-30-32-34-36-41(43)49-39(38-48-50(44,45)46)37-47-40(42)35-33-31-29-27-25-23-21-18-16-14-12-10-8-6-4-2/h11,13,17,19,22-25,39H,3-10,12,14-16,18,20-21,26-38H2,1-2H3,(H2,44,45,46)/b13-11+,19-17+,24-22+,25-23+/t39-/m1/s1. The van der Waals surface area contributed by atoms with Gasteiger partial charge in [-0.25, -0.2) is 4.57 Å². The number of carbonyl (C=O) groups excluding carboxylic acids is 2. The summed E-state index contributed by atoms with van der Waals surface area (Å²) in [6, 6.07) is 0. The average molecular weight is 725 g/mol. The molecule has 0 aromatic rings. The van der Waals surface area contributed by atoms with Crippen molar-refractivity contribution in [2.45, 2.75) is 187 Å². The number of hydrogen-bond acceptors (Lipinski definition) is 6. The van der Waals surface area contributed by atoms with E-state index in [2.05, 4.69) is 67.0 Å². The van der Waals surface area contributed by atoms with Gasteiger partial charge in [0.2, 0.25) is 0 Å². The van der Waals surface area contributed by atoms with Crippen molar-refractivity contribution < 1.29 is 37.9 Å². The number of carbonyl (C=O) groups is 2. The molecule has 2 N–H and O–H groups in total. The summed E-state index contributed by atoms with van der Waals surface area (Å²) in [5.41, 5.74) is 0. The van der Waals surface area contributed by atoms with E-state index in [0.717, 1.165) is 64.2 Å². The fourth-order valence-corrected chi connectivity index (χ4v) is 5.67. The Bertz CT molecular complexity index is 952. The highest BCUT2D eigenvalue weighted by Crippen LogP contribution is 2.36. The van der Waals surface area contributed by atoms with Crippen molar-refractivity contribution in [1.82, 2.24) is 0 Å². The number of phosphoric acid groups is 1. The Morgan fingerprint density at radius 1 is 0.520 bits per heavy atom. The van der Waals surface area contributed by atoms with Crippen molar-refractivity contribution >= 4 is 19.8 Å². The second-order valence-corrected chi connectivity index (χ2v) is 14.5. The van der Waals surface area contributed by atoms with Crippen LogP contribution in [0.25, 0.3) is 0 Å². The molecule has 290 valence electrons. The third kappa shape index (κ3) is 38.8. The summed E-state index contributed by atoms with van der Waals surface area (Å²) in [5.74, 6) is -0.929. The molecule has 0 spiro atoms. The minimum absolute atomic E-state index is 0.182. The third-order valence-electron chi connectivity index (χ3n) is 8.32. The van der Waals surface area contributed by atoms with E-state index in [1.807, 2.05) is 0 Å².